The highest BCUT2D eigenvalue weighted by Crippen LogP contribution is 2.19. The Morgan fingerprint density at radius 1 is 1.07 bits per heavy atom. The number of nitrogens with two attached hydrogens (primary N) is 1. The Morgan fingerprint density at radius 2 is 1.79 bits per heavy atom. The van der Waals surface area contributed by atoms with Gasteiger partial charge in [0.1, 0.15) is 12.1 Å². The number of benzene rings is 1. The van der Waals surface area contributed by atoms with Gasteiger partial charge < -0.3 is 31.6 Å². The SMILES string of the molecule is NCC(=O)N[C@@H](Cc1c[nH]c2ccccc12)C(=O)N[C@@H](CCC(=O)O)C(=O)O. The van der Waals surface area contributed by atoms with Crippen molar-refractivity contribution in [2.24, 2.45) is 5.73 Å². The van der Waals surface area contributed by atoms with E-state index in [-0.39, 0.29) is 19.4 Å². The van der Waals surface area contributed by atoms with Gasteiger partial charge in [-0.15, -0.1) is 0 Å². The van der Waals surface area contributed by atoms with Gasteiger partial charge in [-0.05, 0) is 18.1 Å². The van der Waals surface area contributed by atoms with E-state index in [1.807, 2.05) is 24.3 Å². The van der Waals surface area contributed by atoms with E-state index < -0.39 is 42.3 Å². The maximum absolute atomic E-state index is 12.6. The predicted octanol–water partition coefficient (Wildman–Crippen LogP) is -0.412. The molecule has 0 aliphatic carbocycles. The topological polar surface area (TPSA) is 175 Å². The first kappa shape index (κ1) is 20.9. The number of carboxylic acids is 2. The standard InChI is InChI=1S/C18H22N4O6/c19-8-15(23)21-14(7-10-9-20-12-4-2-1-3-11(10)12)17(26)22-13(18(27)28)5-6-16(24)25/h1-4,9,13-14,20H,5-8,19H2,(H,21,23)(H,22,26)(H,24,25)(H,27,28)/t13-,14-/m0/s1. The highest BCUT2D eigenvalue weighted by atomic mass is 16.4. The number of hydrogen-bond donors (Lipinski definition) is 6. The number of H-pyrrole nitrogens is 1. The molecule has 0 aliphatic rings. The van der Waals surface area contributed by atoms with Crippen molar-refractivity contribution in [1.29, 1.82) is 0 Å². The summed E-state index contributed by atoms with van der Waals surface area (Å²) < 4.78 is 0. The monoisotopic (exact) mass is 390 g/mol. The fourth-order valence-electron chi connectivity index (χ4n) is 2.78. The Morgan fingerprint density at radius 3 is 2.43 bits per heavy atom. The molecule has 7 N–H and O–H groups in total. The largest absolute Gasteiger partial charge is 0.481 e. The summed E-state index contributed by atoms with van der Waals surface area (Å²) in [5, 5.41) is 23.6. The summed E-state index contributed by atoms with van der Waals surface area (Å²) in [6.45, 7) is -0.334. The van der Waals surface area contributed by atoms with Gasteiger partial charge in [-0.1, -0.05) is 18.2 Å². The third-order valence-electron chi connectivity index (χ3n) is 4.20. The lowest BCUT2D eigenvalue weighted by atomic mass is 10.0. The molecule has 28 heavy (non-hydrogen) atoms. The van der Waals surface area contributed by atoms with Gasteiger partial charge in [0, 0.05) is 29.9 Å². The maximum Gasteiger partial charge on any atom is 0.326 e. The zero-order valence-electron chi connectivity index (χ0n) is 15.0. The van der Waals surface area contributed by atoms with Crippen LogP contribution in [0.15, 0.2) is 30.5 Å². The van der Waals surface area contributed by atoms with Gasteiger partial charge in [0.25, 0.3) is 0 Å². The van der Waals surface area contributed by atoms with Crippen LogP contribution < -0.4 is 16.4 Å². The number of carboxylic acid groups (broad SMARTS) is 2. The molecule has 0 fully saturated rings. The molecular weight excluding hydrogens is 368 g/mol. The Kier molecular flexibility index (Phi) is 7.10. The molecule has 10 nitrogen and oxygen atoms in total. The van der Waals surface area contributed by atoms with E-state index in [2.05, 4.69) is 15.6 Å². The molecule has 0 spiro atoms. The predicted molar refractivity (Wildman–Crippen MR) is 99.4 cm³/mol. The Labute approximate surface area is 160 Å². The van der Waals surface area contributed by atoms with E-state index in [4.69, 9.17) is 10.8 Å². The number of aromatic nitrogens is 1. The van der Waals surface area contributed by atoms with Crippen LogP contribution in [0, 0.1) is 0 Å². The number of carbonyl (C=O) groups is 4. The van der Waals surface area contributed by atoms with Gasteiger partial charge in [0.2, 0.25) is 11.8 Å². The Bertz CT molecular complexity index is 878. The minimum absolute atomic E-state index is 0.104. The number of fused-ring (bicyclic) bond motifs is 1. The number of aromatic amines is 1. The van der Waals surface area contributed by atoms with Crippen LogP contribution in [-0.4, -0.2) is 57.6 Å². The summed E-state index contributed by atoms with van der Waals surface area (Å²) >= 11 is 0. The Hall–Kier alpha value is -3.40. The van der Waals surface area contributed by atoms with Gasteiger partial charge in [-0.2, -0.15) is 0 Å². The first-order chi connectivity index (χ1) is 13.3. The third-order valence-corrected chi connectivity index (χ3v) is 4.20. The zero-order valence-corrected chi connectivity index (χ0v) is 15.0. The second kappa shape index (κ2) is 9.51. The van der Waals surface area contributed by atoms with Crippen molar-refractivity contribution in [2.45, 2.75) is 31.3 Å². The average molecular weight is 390 g/mol. The molecule has 2 aromatic rings. The van der Waals surface area contributed by atoms with Crippen molar-refractivity contribution in [3.63, 3.8) is 0 Å². The fourth-order valence-corrected chi connectivity index (χ4v) is 2.78. The summed E-state index contributed by atoms with van der Waals surface area (Å²) in [6, 6.07) is 4.94. The third kappa shape index (κ3) is 5.55. The summed E-state index contributed by atoms with van der Waals surface area (Å²) in [4.78, 5) is 49.4. The summed E-state index contributed by atoms with van der Waals surface area (Å²) in [6.07, 6.45) is 1.12. The van der Waals surface area contributed by atoms with E-state index in [0.717, 1.165) is 16.5 Å². The van der Waals surface area contributed by atoms with Crippen molar-refractivity contribution in [1.82, 2.24) is 15.6 Å². The lowest BCUT2D eigenvalue weighted by Crippen LogP contribution is -2.53. The van der Waals surface area contributed by atoms with Gasteiger partial charge in [0.15, 0.2) is 0 Å². The number of carbonyl (C=O) groups excluding carboxylic acids is 2. The van der Waals surface area contributed by atoms with E-state index in [0.29, 0.717) is 0 Å². The minimum Gasteiger partial charge on any atom is -0.481 e. The molecule has 0 saturated carbocycles. The number of hydrogen-bond acceptors (Lipinski definition) is 5. The average Bonchev–Trinajstić information content (AvgIpc) is 3.06. The van der Waals surface area contributed by atoms with Crippen molar-refractivity contribution in [3.8, 4) is 0 Å². The second-order valence-electron chi connectivity index (χ2n) is 6.22. The number of para-hydroxylation sites is 1. The van der Waals surface area contributed by atoms with Crippen LogP contribution in [0.2, 0.25) is 0 Å². The normalized spacial score (nSPS) is 12.9. The molecule has 0 radical (unpaired) electrons. The molecule has 10 heteroatoms. The van der Waals surface area contributed by atoms with E-state index >= 15 is 0 Å². The van der Waals surface area contributed by atoms with Crippen LogP contribution >= 0.6 is 0 Å². The molecule has 2 atom stereocenters. The summed E-state index contributed by atoms with van der Waals surface area (Å²) in [7, 11) is 0. The number of amides is 2. The molecule has 1 aromatic carbocycles. The molecule has 150 valence electrons. The lowest BCUT2D eigenvalue weighted by molar-refractivity contribution is -0.143. The second-order valence-corrected chi connectivity index (χ2v) is 6.22. The lowest BCUT2D eigenvalue weighted by Gasteiger charge is -2.21. The molecule has 0 unspecified atom stereocenters. The number of rotatable bonds is 10. The van der Waals surface area contributed by atoms with Gasteiger partial charge in [-0.25, -0.2) is 4.79 Å². The summed E-state index contributed by atoms with van der Waals surface area (Å²) in [5.41, 5.74) is 6.91. The first-order valence-corrected chi connectivity index (χ1v) is 8.61. The first-order valence-electron chi connectivity index (χ1n) is 8.61. The fraction of sp³-hybridized carbons (Fsp3) is 0.333. The minimum atomic E-state index is -1.39. The number of aliphatic carboxylic acids is 2. The van der Waals surface area contributed by atoms with Crippen LogP contribution in [0.3, 0.4) is 0 Å². The Balaban J connectivity index is 2.18. The molecule has 0 saturated heterocycles. The molecule has 0 bridgehead atoms. The molecule has 1 heterocycles. The van der Waals surface area contributed by atoms with Gasteiger partial charge in [-0.3, -0.25) is 14.4 Å². The molecular formula is C18H22N4O6. The van der Waals surface area contributed by atoms with Crippen LogP contribution in [0.25, 0.3) is 10.9 Å². The van der Waals surface area contributed by atoms with Crippen LogP contribution in [0.5, 0.6) is 0 Å². The van der Waals surface area contributed by atoms with Crippen molar-refractivity contribution in [2.75, 3.05) is 6.54 Å². The van der Waals surface area contributed by atoms with Crippen molar-refractivity contribution < 1.29 is 29.4 Å². The van der Waals surface area contributed by atoms with Crippen LogP contribution in [-0.2, 0) is 25.6 Å². The van der Waals surface area contributed by atoms with Gasteiger partial charge in [0.05, 0.1) is 6.54 Å². The molecule has 2 rings (SSSR count). The van der Waals surface area contributed by atoms with Crippen LogP contribution in [0.4, 0.5) is 0 Å². The van der Waals surface area contributed by atoms with Crippen molar-refractivity contribution in [3.05, 3.63) is 36.0 Å². The smallest absolute Gasteiger partial charge is 0.326 e. The number of nitrogens with one attached hydrogen (secondary N) is 3. The van der Waals surface area contributed by atoms with E-state index in [1.165, 1.54) is 0 Å². The highest BCUT2D eigenvalue weighted by molar-refractivity contribution is 5.92. The highest BCUT2D eigenvalue weighted by Gasteiger charge is 2.27. The molecule has 1 aromatic heterocycles. The van der Waals surface area contributed by atoms with Crippen molar-refractivity contribution >= 4 is 34.7 Å². The molecule has 2 amide bonds. The maximum atomic E-state index is 12.6. The summed E-state index contributed by atoms with van der Waals surface area (Å²) in [5.74, 6) is -3.83. The van der Waals surface area contributed by atoms with Crippen LogP contribution in [0.1, 0.15) is 18.4 Å². The molecule has 0 aliphatic heterocycles. The van der Waals surface area contributed by atoms with E-state index in [9.17, 15) is 24.3 Å². The van der Waals surface area contributed by atoms with E-state index in [1.54, 1.807) is 6.20 Å². The zero-order chi connectivity index (χ0) is 20.7. The van der Waals surface area contributed by atoms with Gasteiger partial charge >= 0.3 is 11.9 Å². The quantitative estimate of drug-likeness (QED) is 0.319.